The molecule has 0 rings (SSSR count). The second kappa shape index (κ2) is 39.6. The van der Waals surface area contributed by atoms with Gasteiger partial charge in [-0.15, -0.1) is 0 Å². The Morgan fingerprint density at radius 3 is 0.936 bits per heavy atom. The van der Waals surface area contributed by atoms with Crippen LogP contribution in [-0.2, 0) is 23.1 Å². The van der Waals surface area contributed by atoms with Crippen LogP contribution in [0.2, 0.25) is 0 Å². The predicted octanol–water partition coefficient (Wildman–Crippen LogP) is 13.9. The van der Waals surface area contributed by atoms with Crippen LogP contribution in [0.1, 0.15) is 206 Å². The van der Waals surface area contributed by atoms with Crippen LogP contribution >= 0.6 is 7.82 Å². The molecule has 7 heteroatoms. The van der Waals surface area contributed by atoms with Crippen molar-refractivity contribution >= 4 is 7.82 Å². The number of hydrogen-bond acceptors (Lipinski definition) is 5. The van der Waals surface area contributed by atoms with Crippen molar-refractivity contribution < 1.29 is 28.0 Å². The lowest BCUT2D eigenvalue weighted by atomic mass is 10.0. The van der Waals surface area contributed by atoms with Crippen LogP contribution in [0.15, 0.2) is 24.7 Å². The number of allylic oxidation sites excluding steroid dienone is 2. The molecule has 0 bridgehead atoms. The molecule has 47 heavy (non-hydrogen) atoms. The van der Waals surface area contributed by atoms with Crippen LogP contribution in [-0.4, -0.2) is 31.3 Å². The molecule has 0 aromatic heterocycles. The highest BCUT2D eigenvalue weighted by atomic mass is 31.2. The SMILES string of the molecule is CCCCCCCCCCCCCCCCC=COCCOP(=O)(O)OCCOC=CCCCCCCCCCCCCCCCC. The van der Waals surface area contributed by atoms with Crippen LogP contribution < -0.4 is 0 Å². The van der Waals surface area contributed by atoms with E-state index in [2.05, 4.69) is 13.8 Å². The Hall–Kier alpha value is -0.810. The Labute approximate surface area is 292 Å². The van der Waals surface area contributed by atoms with Gasteiger partial charge in [-0.1, -0.05) is 181 Å². The fourth-order valence-electron chi connectivity index (χ4n) is 5.76. The minimum atomic E-state index is -4.09. The van der Waals surface area contributed by atoms with E-state index < -0.39 is 7.82 Å². The summed E-state index contributed by atoms with van der Waals surface area (Å²) >= 11 is 0. The molecule has 0 radical (unpaired) electrons. The molecule has 0 fully saturated rings. The van der Waals surface area contributed by atoms with Crippen molar-refractivity contribution in [2.24, 2.45) is 0 Å². The zero-order valence-electron chi connectivity index (χ0n) is 31.3. The Bertz CT molecular complexity index is 644. The molecule has 1 N–H and O–H groups in total. The Balaban J connectivity index is 3.36. The summed E-state index contributed by atoms with van der Waals surface area (Å²) in [7, 11) is -4.09. The third kappa shape index (κ3) is 41.3. The molecule has 0 aromatic carbocycles. The highest BCUT2D eigenvalue weighted by Gasteiger charge is 2.20. The molecule has 0 spiro atoms. The summed E-state index contributed by atoms with van der Waals surface area (Å²) in [5.74, 6) is 0. The van der Waals surface area contributed by atoms with E-state index >= 15 is 0 Å². The summed E-state index contributed by atoms with van der Waals surface area (Å²) in [5, 5.41) is 0. The number of phosphoric ester groups is 1. The van der Waals surface area contributed by atoms with Gasteiger partial charge in [0.1, 0.15) is 13.2 Å². The van der Waals surface area contributed by atoms with Crippen LogP contribution in [0, 0.1) is 0 Å². The van der Waals surface area contributed by atoms with Gasteiger partial charge in [-0.3, -0.25) is 9.05 Å². The van der Waals surface area contributed by atoms with Gasteiger partial charge in [-0.2, -0.15) is 0 Å². The maximum atomic E-state index is 12.0. The van der Waals surface area contributed by atoms with Crippen molar-refractivity contribution in [1.82, 2.24) is 0 Å². The summed E-state index contributed by atoms with van der Waals surface area (Å²) in [6, 6.07) is 0. The Morgan fingerprint density at radius 1 is 0.404 bits per heavy atom. The van der Waals surface area contributed by atoms with Crippen LogP contribution in [0.3, 0.4) is 0 Å². The van der Waals surface area contributed by atoms with Gasteiger partial charge in [0.15, 0.2) is 0 Å². The summed E-state index contributed by atoms with van der Waals surface area (Å²) in [4.78, 5) is 9.78. The summed E-state index contributed by atoms with van der Waals surface area (Å²) < 4.78 is 32.6. The average molecular weight is 687 g/mol. The largest absolute Gasteiger partial charge is 0.499 e. The molecule has 0 aliphatic rings. The molecule has 0 aromatic rings. The van der Waals surface area contributed by atoms with Gasteiger partial charge in [0, 0.05) is 0 Å². The average Bonchev–Trinajstić information content (AvgIpc) is 3.06. The molecule has 0 amide bonds. The van der Waals surface area contributed by atoms with Crippen molar-refractivity contribution in [2.75, 3.05) is 26.4 Å². The zero-order valence-corrected chi connectivity index (χ0v) is 32.2. The molecular formula is C40H79O6P. The van der Waals surface area contributed by atoms with E-state index in [0.717, 1.165) is 12.8 Å². The van der Waals surface area contributed by atoms with Crippen molar-refractivity contribution in [3.8, 4) is 0 Å². The number of unbranched alkanes of at least 4 members (excludes halogenated alkanes) is 28. The van der Waals surface area contributed by atoms with Gasteiger partial charge < -0.3 is 14.4 Å². The van der Waals surface area contributed by atoms with E-state index in [1.54, 1.807) is 12.5 Å². The first-order valence-electron chi connectivity index (χ1n) is 20.3. The predicted molar refractivity (Wildman–Crippen MR) is 202 cm³/mol. The molecule has 0 aliphatic carbocycles. The van der Waals surface area contributed by atoms with Crippen molar-refractivity contribution in [3.63, 3.8) is 0 Å². The molecular weight excluding hydrogens is 607 g/mol. The van der Waals surface area contributed by atoms with Gasteiger partial charge in [0.2, 0.25) is 0 Å². The molecule has 6 nitrogen and oxygen atoms in total. The normalized spacial score (nSPS) is 13.2. The second-order valence-corrected chi connectivity index (χ2v) is 14.8. The maximum Gasteiger partial charge on any atom is 0.472 e. The molecule has 0 saturated heterocycles. The standard InChI is InChI=1S/C40H79O6P/c1-3-5-7-9-11-13-15-17-19-21-23-25-27-29-31-33-35-43-37-39-45-47(41,42)46-40-38-44-36-34-32-30-28-26-24-22-20-18-16-14-12-10-8-6-4-2/h33-36H,3-32,37-40H2,1-2H3,(H,41,42). The molecule has 0 heterocycles. The van der Waals surface area contributed by atoms with Gasteiger partial charge in [0.25, 0.3) is 0 Å². The van der Waals surface area contributed by atoms with Crippen molar-refractivity contribution in [3.05, 3.63) is 24.7 Å². The zero-order chi connectivity index (χ0) is 34.2. The van der Waals surface area contributed by atoms with Crippen molar-refractivity contribution in [1.29, 1.82) is 0 Å². The fraction of sp³-hybridized carbons (Fsp3) is 0.900. The minimum absolute atomic E-state index is 0.00305. The first-order chi connectivity index (χ1) is 23.1. The number of phosphoric acid groups is 1. The van der Waals surface area contributed by atoms with E-state index in [1.165, 1.54) is 180 Å². The van der Waals surface area contributed by atoms with Crippen LogP contribution in [0.5, 0.6) is 0 Å². The fourth-order valence-corrected chi connectivity index (χ4v) is 6.45. The summed E-state index contributed by atoms with van der Waals surface area (Å²) in [6.07, 6.45) is 47.5. The van der Waals surface area contributed by atoms with Crippen LogP contribution in [0.4, 0.5) is 0 Å². The quantitative estimate of drug-likeness (QED) is 0.0393. The van der Waals surface area contributed by atoms with Gasteiger partial charge >= 0.3 is 7.82 Å². The third-order valence-corrected chi connectivity index (χ3v) is 9.76. The molecule has 0 aliphatic heterocycles. The third-order valence-electron chi connectivity index (χ3n) is 8.74. The van der Waals surface area contributed by atoms with E-state index in [1.807, 2.05) is 12.2 Å². The molecule has 0 unspecified atom stereocenters. The monoisotopic (exact) mass is 687 g/mol. The highest BCUT2D eigenvalue weighted by Crippen LogP contribution is 2.42. The number of rotatable bonds is 40. The summed E-state index contributed by atoms with van der Waals surface area (Å²) in [5.41, 5.74) is 0. The minimum Gasteiger partial charge on any atom is -0.499 e. The second-order valence-electron chi connectivity index (χ2n) is 13.4. The van der Waals surface area contributed by atoms with Crippen molar-refractivity contribution in [2.45, 2.75) is 206 Å². The highest BCUT2D eigenvalue weighted by molar-refractivity contribution is 7.47. The van der Waals surface area contributed by atoms with E-state index in [4.69, 9.17) is 18.5 Å². The molecule has 0 atom stereocenters. The Kier molecular flexibility index (Phi) is 38.9. The smallest absolute Gasteiger partial charge is 0.472 e. The van der Waals surface area contributed by atoms with E-state index in [-0.39, 0.29) is 26.4 Å². The first-order valence-corrected chi connectivity index (χ1v) is 21.8. The summed E-state index contributed by atoms with van der Waals surface area (Å²) in [6.45, 7) is 4.97. The Morgan fingerprint density at radius 2 is 0.660 bits per heavy atom. The lowest BCUT2D eigenvalue weighted by molar-refractivity contribution is 0.0985. The first kappa shape index (κ1) is 46.2. The van der Waals surface area contributed by atoms with Crippen LogP contribution in [0.25, 0.3) is 0 Å². The van der Waals surface area contributed by atoms with E-state index in [9.17, 15) is 9.46 Å². The topological polar surface area (TPSA) is 74.2 Å². The van der Waals surface area contributed by atoms with E-state index in [0.29, 0.717) is 0 Å². The number of ether oxygens (including phenoxy) is 2. The lowest BCUT2D eigenvalue weighted by Gasteiger charge is -2.11. The number of hydrogen-bond donors (Lipinski definition) is 1. The van der Waals surface area contributed by atoms with Gasteiger partial charge in [-0.25, -0.2) is 4.57 Å². The van der Waals surface area contributed by atoms with Gasteiger partial charge in [-0.05, 0) is 37.8 Å². The molecule has 0 saturated carbocycles. The molecule has 280 valence electrons. The maximum absolute atomic E-state index is 12.0. The van der Waals surface area contributed by atoms with Gasteiger partial charge in [0.05, 0.1) is 25.7 Å². The lowest BCUT2D eigenvalue weighted by Crippen LogP contribution is -2.05.